The Balaban J connectivity index is 1.10. The predicted molar refractivity (Wildman–Crippen MR) is 292 cm³/mol. The number of anilines is 6. The summed E-state index contributed by atoms with van der Waals surface area (Å²) in [6, 6.07) is 68.7. The highest BCUT2D eigenvalue weighted by Crippen LogP contribution is 2.51. The van der Waals surface area contributed by atoms with Gasteiger partial charge in [0, 0.05) is 65.8 Å². The maximum atomic E-state index is 2.55. The Bertz CT molecular complexity index is 3840. The molecule has 0 aliphatic rings. The van der Waals surface area contributed by atoms with Gasteiger partial charge >= 0.3 is 0 Å². The van der Waals surface area contributed by atoms with Gasteiger partial charge in [-0.05, 0) is 121 Å². The smallest absolute Gasteiger partial charge is 0.0641 e. The Morgan fingerprint density at radius 2 is 0.721 bits per heavy atom. The van der Waals surface area contributed by atoms with Crippen molar-refractivity contribution in [2.75, 3.05) is 9.80 Å². The molecule has 0 aliphatic heterocycles. The molecule has 13 aromatic rings. The van der Waals surface area contributed by atoms with Crippen LogP contribution >= 0.6 is 0 Å². The number of hydrogen-bond acceptors (Lipinski definition) is 2. The molecule has 0 saturated heterocycles. The zero-order valence-electron chi connectivity index (χ0n) is 40.1. The summed E-state index contributed by atoms with van der Waals surface area (Å²) < 4.78 is 5.10. The lowest BCUT2D eigenvalue weighted by Gasteiger charge is -2.28. The van der Waals surface area contributed by atoms with Gasteiger partial charge in [0.25, 0.3) is 0 Å². The molecule has 0 bridgehead atoms. The van der Waals surface area contributed by atoms with Crippen molar-refractivity contribution in [3.8, 4) is 0 Å². The van der Waals surface area contributed by atoms with Crippen molar-refractivity contribution in [2.45, 2.75) is 66.2 Å². The molecule has 0 spiro atoms. The second-order valence-electron chi connectivity index (χ2n) is 21.2. The fourth-order valence-corrected chi connectivity index (χ4v) is 11.3. The van der Waals surface area contributed by atoms with Crippen molar-refractivity contribution in [2.24, 2.45) is 0 Å². The zero-order valence-corrected chi connectivity index (χ0v) is 40.1. The Morgan fingerprint density at radius 1 is 0.324 bits per heavy atom. The number of fused-ring (bicyclic) bond motifs is 12. The monoisotopic (exact) mass is 878 g/mol. The minimum absolute atomic E-state index is 0.00441. The van der Waals surface area contributed by atoms with E-state index in [4.69, 9.17) is 0 Å². The third-order valence-electron chi connectivity index (χ3n) is 14.8. The van der Waals surface area contributed by atoms with Crippen LogP contribution in [0.1, 0.15) is 63.8 Å². The molecule has 330 valence electrons. The molecule has 0 aliphatic carbocycles. The molecule has 4 aromatic heterocycles. The van der Waals surface area contributed by atoms with Crippen LogP contribution in [0.25, 0.3) is 76.2 Å². The van der Waals surface area contributed by atoms with Crippen LogP contribution in [0.2, 0.25) is 0 Å². The van der Waals surface area contributed by atoms with Gasteiger partial charge in [0.1, 0.15) is 0 Å². The topological polar surface area (TPSA) is 15.3 Å². The van der Waals surface area contributed by atoms with Crippen LogP contribution in [0.3, 0.4) is 0 Å². The lowest BCUT2D eigenvalue weighted by molar-refractivity contribution is 0.590. The molecule has 9 aromatic carbocycles. The molecule has 4 nitrogen and oxygen atoms in total. The molecule has 68 heavy (non-hydrogen) atoms. The maximum absolute atomic E-state index is 2.55. The summed E-state index contributed by atoms with van der Waals surface area (Å²) in [6.45, 7) is 18.1. The predicted octanol–water partition coefficient (Wildman–Crippen LogP) is 18.1. The molecule has 0 N–H and O–H groups in total. The van der Waals surface area contributed by atoms with Gasteiger partial charge in [-0.15, -0.1) is 0 Å². The molecule has 0 atom stereocenters. The van der Waals surface area contributed by atoms with Gasteiger partial charge in [-0.3, -0.25) is 0 Å². The van der Waals surface area contributed by atoms with Crippen molar-refractivity contribution in [1.82, 2.24) is 8.80 Å². The van der Waals surface area contributed by atoms with Crippen molar-refractivity contribution in [3.63, 3.8) is 0 Å². The number of rotatable bonds is 6. The Hall–Kier alpha value is -7.82. The number of aryl methyl sites for hydroxylation is 2. The number of para-hydroxylation sites is 2. The lowest BCUT2D eigenvalue weighted by atomic mass is 9.86. The molecule has 4 heteroatoms. The lowest BCUT2D eigenvalue weighted by Crippen LogP contribution is -2.14. The third-order valence-corrected chi connectivity index (χ3v) is 14.8. The third kappa shape index (κ3) is 5.86. The largest absolute Gasteiger partial charge is 0.310 e. The molecule has 4 heterocycles. The second kappa shape index (κ2) is 14.3. The summed E-state index contributed by atoms with van der Waals surface area (Å²) in [5.41, 5.74) is 19.5. The van der Waals surface area contributed by atoms with E-state index in [2.05, 4.69) is 256 Å². The molecule has 0 unspecified atom stereocenters. The van der Waals surface area contributed by atoms with E-state index >= 15 is 0 Å². The summed E-state index contributed by atoms with van der Waals surface area (Å²) in [4.78, 5) is 4.95. The van der Waals surface area contributed by atoms with E-state index in [1.807, 2.05) is 0 Å². The normalized spacial score (nSPS) is 12.7. The van der Waals surface area contributed by atoms with Gasteiger partial charge in [-0.2, -0.15) is 0 Å². The Morgan fingerprint density at radius 3 is 1.12 bits per heavy atom. The minimum atomic E-state index is 0.00441. The summed E-state index contributed by atoms with van der Waals surface area (Å²) >= 11 is 0. The Kier molecular flexibility index (Phi) is 8.53. The van der Waals surface area contributed by atoms with Crippen LogP contribution in [-0.4, -0.2) is 8.80 Å². The van der Waals surface area contributed by atoms with Crippen LogP contribution in [-0.2, 0) is 10.8 Å². The number of benzene rings is 9. The summed E-state index contributed by atoms with van der Waals surface area (Å²) in [5, 5.41) is 10.1. The van der Waals surface area contributed by atoms with E-state index in [1.54, 1.807) is 0 Å². The molecule has 0 saturated carbocycles. The average molecular weight is 879 g/mol. The van der Waals surface area contributed by atoms with Crippen molar-refractivity contribution in [3.05, 3.63) is 204 Å². The fraction of sp³-hybridized carbons (Fsp3) is 0.156. The number of nitrogens with zero attached hydrogens (tertiary/aromatic N) is 4. The number of hydrogen-bond donors (Lipinski definition) is 0. The highest BCUT2D eigenvalue weighted by Gasteiger charge is 2.29. The van der Waals surface area contributed by atoms with Gasteiger partial charge < -0.3 is 18.6 Å². The molecule has 0 radical (unpaired) electrons. The highest BCUT2D eigenvalue weighted by molar-refractivity contribution is 6.32. The van der Waals surface area contributed by atoms with Crippen LogP contribution in [0, 0.1) is 13.8 Å². The highest BCUT2D eigenvalue weighted by atomic mass is 15.2. The summed E-state index contributed by atoms with van der Waals surface area (Å²) in [6.07, 6.45) is 0. The first kappa shape index (κ1) is 40.5. The minimum Gasteiger partial charge on any atom is -0.310 e. The van der Waals surface area contributed by atoms with E-state index in [-0.39, 0.29) is 10.8 Å². The first-order valence-electron chi connectivity index (χ1n) is 24.1. The molecule has 0 amide bonds. The van der Waals surface area contributed by atoms with Gasteiger partial charge in [0.05, 0.1) is 44.5 Å². The fourth-order valence-electron chi connectivity index (χ4n) is 11.3. The average Bonchev–Trinajstić information content (AvgIpc) is 4.06. The molecule has 0 fully saturated rings. The van der Waals surface area contributed by atoms with Gasteiger partial charge in [0.2, 0.25) is 0 Å². The van der Waals surface area contributed by atoms with Crippen LogP contribution < -0.4 is 9.80 Å². The number of aromatic nitrogens is 2. The summed E-state index contributed by atoms with van der Waals surface area (Å²) in [5.74, 6) is 0. The van der Waals surface area contributed by atoms with Gasteiger partial charge in [-0.1, -0.05) is 150 Å². The van der Waals surface area contributed by atoms with Gasteiger partial charge in [-0.25, -0.2) is 0 Å². The van der Waals surface area contributed by atoms with Gasteiger partial charge in [0.15, 0.2) is 0 Å². The van der Waals surface area contributed by atoms with E-state index in [0.29, 0.717) is 0 Å². The Labute approximate surface area is 397 Å². The molecular weight excluding hydrogens is 825 g/mol. The zero-order chi connectivity index (χ0) is 46.4. The SMILES string of the molecule is Cc1ccc(N(c2cccc(C(C)(C)C)c2)c2ccc3c4cc5c(cc4n4c6ccccc6c2c34)c2ccc(N(c3ccc(C)cc3)c3cccc(C(C)(C)C)c3)c3c4ccccc4n5c23)cc1. The van der Waals surface area contributed by atoms with E-state index in [0.717, 1.165) is 22.7 Å². The van der Waals surface area contributed by atoms with Crippen molar-refractivity contribution >= 4 is 110 Å². The van der Waals surface area contributed by atoms with E-state index in [9.17, 15) is 0 Å². The molecule has 13 rings (SSSR count). The van der Waals surface area contributed by atoms with E-state index < -0.39 is 0 Å². The van der Waals surface area contributed by atoms with Crippen molar-refractivity contribution in [1.29, 1.82) is 0 Å². The van der Waals surface area contributed by atoms with Crippen molar-refractivity contribution < 1.29 is 0 Å². The standard InChI is InChI=1S/C64H54N4/c1-39-23-27-43(28-24-39)65(45-17-13-15-41(35-45)63(3,4)5)55-33-31-47-51-37-58-52(38-57(51)67-53-21-11-9-19-49(53)59(55)61(47)67)48-32-34-56(60-50-20-10-12-22-54(50)68(58)62(48)60)66(44-29-25-40(2)26-30-44)46-18-14-16-42(36-46)64(6,7)8/h9-38H,1-8H3. The van der Waals surface area contributed by atoms with Crippen LogP contribution in [0.4, 0.5) is 34.1 Å². The molecular formula is C64H54N4. The first-order valence-corrected chi connectivity index (χ1v) is 24.1. The second-order valence-corrected chi connectivity index (χ2v) is 21.2. The van der Waals surface area contributed by atoms with E-state index in [1.165, 1.54) is 110 Å². The summed E-state index contributed by atoms with van der Waals surface area (Å²) in [7, 11) is 0. The maximum Gasteiger partial charge on any atom is 0.0641 e. The van der Waals surface area contributed by atoms with Crippen LogP contribution in [0.15, 0.2) is 182 Å². The first-order chi connectivity index (χ1) is 32.8. The quantitative estimate of drug-likeness (QED) is 0.165. The van der Waals surface area contributed by atoms with Crippen LogP contribution in [0.5, 0.6) is 0 Å².